The number of ether oxygens (including phenoxy) is 1. The molecule has 2 unspecified atom stereocenters. The van der Waals surface area contributed by atoms with Crippen molar-refractivity contribution in [2.45, 2.75) is 45.6 Å². The van der Waals surface area contributed by atoms with Crippen molar-refractivity contribution in [3.63, 3.8) is 0 Å². The summed E-state index contributed by atoms with van der Waals surface area (Å²) in [6.45, 7) is 7.60. The van der Waals surface area contributed by atoms with E-state index in [0.717, 1.165) is 25.6 Å². The zero-order chi connectivity index (χ0) is 12.7. The monoisotopic (exact) mass is 243 g/mol. The lowest BCUT2D eigenvalue weighted by atomic mass is 9.95. The van der Waals surface area contributed by atoms with Crippen molar-refractivity contribution in [3.05, 3.63) is 0 Å². The van der Waals surface area contributed by atoms with E-state index in [1.54, 1.807) is 0 Å². The lowest BCUT2D eigenvalue weighted by Crippen LogP contribution is -2.38. The highest BCUT2D eigenvalue weighted by Gasteiger charge is 2.22. The van der Waals surface area contributed by atoms with Crippen molar-refractivity contribution in [1.29, 1.82) is 0 Å². The SMILES string of the molecule is CCOC(CCN1CCCC(CC)C1)C(=O)O. The van der Waals surface area contributed by atoms with Gasteiger partial charge in [-0.3, -0.25) is 0 Å². The molecule has 0 bridgehead atoms. The Morgan fingerprint density at radius 1 is 1.53 bits per heavy atom. The van der Waals surface area contributed by atoms with Crippen LogP contribution in [0.4, 0.5) is 0 Å². The summed E-state index contributed by atoms with van der Waals surface area (Å²) in [5.41, 5.74) is 0. The fourth-order valence-corrected chi connectivity index (χ4v) is 2.47. The first-order valence-corrected chi connectivity index (χ1v) is 6.74. The fraction of sp³-hybridized carbons (Fsp3) is 0.923. The van der Waals surface area contributed by atoms with E-state index in [1.807, 2.05) is 6.92 Å². The number of carboxylic acids is 1. The molecule has 1 aliphatic rings. The smallest absolute Gasteiger partial charge is 0.332 e. The number of hydrogen-bond donors (Lipinski definition) is 1. The summed E-state index contributed by atoms with van der Waals surface area (Å²) >= 11 is 0. The van der Waals surface area contributed by atoms with Gasteiger partial charge in [0, 0.05) is 19.7 Å². The molecule has 0 aromatic heterocycles. The highest BCUT2D eigenvalue weighted by Crippen LogP contribution is 2.19. The van der Waals surface area contributed by atoms with Gasteiger partial charge >= 0.3 is 5.97 Å². The van der Waals surface area contributed by atoms with E-state index in [-0.39, 0.29) is 0 Å². The molecule has 1 saturated heterocycles. The molecule has 1 rings (SSSR count). The number of carbonyl (C=O) groups is 1. The van der Waals surface area contributed by atoms with Gasteiger partial charge in [-0.25, -0.2) is 4.79 Å². The second-order valence-electron chi connectivity index (χ2n) is 4.79. The van der Waals surface area contributed by atoms with E-state index in [2.05, 4.69) is 11.8 Å². The number of piperidine rings is 1. The number of carboxylic acid groups (broad SMARTS) is 1. The number of hydrogen-bond acceptors (Lipinski definition) is 3. The summed E-state index contributed by atoms with van der Waals surface area (Å²) in [7, 11) is 0. The summed E-state index contributed by atoms with van der Waals surface area (Å²) in [6, 6.07) is 0. The van der Waals surface area contributed by atoms with Crippen LogP contribution in [0.1, 0.15) is 39.5 Å². The van der Waals surface area contributed by atoms with Gasteiger partial charge in [0.15, 0.2) is 6.10 Å². The molecular weight excluding hydrogens is 218 g/mol. The summed E-state index contributed by atoms with van der Waals surface area (Å²) in [5, 5.41) is 8.99. The van der Waals surface area contributed by atoms with Crippen LogP contribution in [-0.4, -0.2) is 48.3 Å². The maximum Gasteiger partial charge on any atom is 0.332 e. The summed E-state index contributed by atoms with van der Waals surface area (Å²) in [5.74, 6) is -0.0463. The predicted molar refractivity (Wildman–Crippen MR) is 67.1 cm³/mol. The summed E-state index contributed by atoms with van der Waals surface area (Å²) in [6.07, 6.45) is 3.75. The highest BCUT2D eigenvalue weighted by molar-refractivity contribution is 5.72. The van der Waals surface area contributed by atoms with Gasteiger partial charge in [0.05, 0.1) is 0 Å². The van der Waals surface area contributed by atoms with E-state index in [1.165, 1.54) is 19.3 Å². The number of aliphatic carboxylic acids is 1. The van der Waals surface area contributed by atoms with E-state index in [9.17, 15) is 4.79 Å². The number of rotatable bonds is 7. The predicted octanol–water partition coefficient (Wildman–Crippen LogP) is 1.99. The molecule has 100 valence electrons. The van der Waals surface area contributed by atoms with Gasteiger partial charge in [0.1, 0.15) is 0 Å². The number of nitrogens with zero attached hydrogens (tertiary/aromatic N) is 1. The normalized spacial score (nSPS) is 23.5. The topological polar surface area (TPSA) is 49.8 Å². The maximum absolute atomic E-state index is 10.9. The Balaban J connectivity index is 2.30. The molecular formula is C13H25NO3. The van der Waals surface area contributed by atoms with Crippen LogP contribution in [0.25, 0.3) is 0 Å². The molecule has 2 atom stereocenters. The Labute approximate surface area is 104 Å². The molecule has 4 heteroatoms. The van der Waals surface area contributed by atoms with Gasteiger partial charge in [0.25, 0.3) is 0 Å². The summed E-state index contributed by atoms with van der Waals surface area (Å²) in [4.78, 5) is 13.3. The molecule has 0 spiro atoms. The first-order valence-electron chi connectivity index (χ1n) is 6.74. The Hall–Kier alpha value is -0.610. The van der Waals surface area contributed by atoms with Crippen LogP contribution in [0, 0.1) is 5.92 Å². The van der Waals surface area contributed by atoms with E-state index in [4.69, 9.17) is 9.84 Å². The van der Waals surface area contributed by atoms with E-state index in [0.29, 0.717) is 13.0 Å². The van der Waals surface area contributed by atoms with Gasteiger partial charge in [0.2, 0.25) is 0 Å². The first-order chi connectivity index (χ1) is 8.17. The van der Waals surface area contributed by atoms with Crippen molar-refractivity contribution >= 4 is 5.97 Å². The molecule has 1 N–H and O–H groups in total. The first kappa shape index (κ1) is 14.5. The molecule has 0 radical (unpaired) electrons. The van der Waals surface area contributed by atoms with Crippen LogP contribution < -0.4 is 0 Å². The average Bonchev–Trinajstić information content (AvgIpc) is 2.34. The Morgan fingerprint density at radius 2 is 2.29 bits per heavy atom. The Kier molecular flexibility index (Phi) is 6.52. The standard InChI is InChI=1S/C13H25NO3/c1-3-11-6-5-8-14(10-11)9-7-12(13(15)16)17-4-2/h11-12H,3-10H2,1-2H3,(H,15,16). The van der Waals surface area contributed by atoms with Crippen molar-refractivity contribution in [3.8, 4) is 0 Å². The van der Waals surface area contributed by atoms with Crippen molar-refractivity contribution in [2.75, 3.05) is 26.2 Å². The van der Waals surface area contributed by atoms with Crippen molar-refractivity contribution in [2.24, 2.45) is 5.92 Å². The minimum absolute atomic E-state index is 0.467. The van der Waals surface area contributed by atoms with Crippen LogP contribution in [0.5, 0.6) is 0 Å². The van der Waals surface area contributed by atoms with Gasteiger partial charge in [-0.2, -0.15) is 0 Å². The van der Waals surface area contributed by atoms with E-state index < -0.39 is 12.1 Å². The van der Waals surface area contributed by atoms with Crippen LogP contribution >= 0.6 is 0 Å². The van der Waals surface area contributed by atoms with Crippen LogP contribution in [0.15, 0.2) is 0 Å². The minimum atomic E-state index is -0.837. The molecule has 0 saturated carbocycles. The molecule has 0 aromatic carbocycles. The maximum atomic E-state index is 10.9. The molecule has 0 amide bonds. The second-order valence-corrected chi connectivity index (χ2v) is 4.79. The lowest BCUT2D eigenvalue weighted by Gasteiger charge is -2.32. The molecule has 1 fully saturated rings. The molecule has 0 aromatic rings. The lowest BCUT2D eigenvalue weighted by molar-refractivity contribution is -0.150. The number of likely N-dealkylation sites (tertiary alicyclic amines) is 1. The van der Waals surface area contributed by atoms with Crippen molar-refractivity contribution < 1.29 is 14.6 Å². The third-order valence-electron chi connectivity index (χ3n) is 3.53. The Bertz CT molecular complexity index is 233. The quantitative estimate of drug-likeness (QED) is 0.743. The van der Waals surface area contributed by atoms with Crippen LogP contribution in [0.2, 0.25) is 0 Å². The fourth-order valence-electron chi connectivity index (χ4n) is 2.47. The molecule has 4 nitrogen and oxygen atoms in total. The van der Waals surface area contributed by atoms with Gasteiger partial charge in [-0.15, -0.1) is 0 Å². The molecule has 1 heterocycles. The highest BCUT2D eigenvalue weighted by atomic mass is 16.5. The van der Waals surface area contributed by atoms with Gasteiger partial charge in [-0.1, -0.05) is 13.3 Å². The molecule has 1 aliphatic heterocycles. The molecule has 0 aliphatic carbocycles. The largest absolute Gasteiger partial charge is 0.479 e. The average molecular weight is 243 g/mol. The molecule has 17 heavy (non-hydrogen) atoms. The Morgan fingerprint density at radius 3 is 2.88 bits per heavy atom. The van der Waals surface area contributed by atoms with Crippen molar-refractivity contribution in [1.82, 2.24) is 4.90 Å². The summed E-state index contributed by atoms with van der Waals surface area (Å²) < 4.78 is 5.22. The van der Waals surface area contributed by atoms with Gasteiger partial charge < -0.3 is 14.7 Å². The van der Waals surface area contributed by atoms with E-state index >= 15 is 0 Å². The third-order valence-corrected chi connectivity index (χ3v) is 3.53. The third kappa shape index (κ3) is 5.04. The van der Waals surface area contributed by atoms with Gasteiger partial charge in [-0.05, 0) is 38.6 Å². The van der Waals surface area contributed by atoms with Crippen LogP contribution in [-0.2, 0) is 9.53 Å². The second kappa shape index (κ2) is 7.67. The zero-order valence-electron chi connectivity index (χ0n) is 11.0. The zero-order valence-corrected chi connectivity index (χ0v) is 11.0. The minimum Gasteiger partial charge on any atom is -0.479 e. The van der Waals surface area contributed by atoms with Crippen LogP contribution in [0.3, 0.4) is 0 Å².